The first-order chi connectivity index (χ1) is 6.34. The predicted octanol–water partition coefficient (Wildman–Crippen LogP) is 3.55. The lowest BCUT2D eigenvalue weighted by Crippen LogP contribution is -2.34. The summed E-state index contributed by atoms with van der Waals surface area (Å²) >= 11 is 0. The Morgan fingerprint density at radius 3 is 2.85 bits per heavy atom. The Kier molecular flexibility index (Phi) is 1.65. The van der Waals surface area contributed by atoms with E-state index in [0.29, 0.717) is 0 Å². The molecule has 0 N–H and O–H groups in total. The molecule has 0 aliphatic heterocycles. The van der Waals surface area contributed by atoms with Crippen molar-refractivity contribution in [2.24, 2.45) is 23.7 Å². The normalized spacial score (nSPS) is 46.4. The number of hydrogen-bond donors (Lipinski definition) is 0. The molecule has 0 spiro atoms. The van der Waals surface area contributed by atoms with Gasteiger partial charge >= 0.3 is 0 Å². The van der Waals surface area contributed by atoms with E-state index >= 15 is 0 Å². The summed E-state index contributed by atoms with van der Waals surface area (Å²) in [6.45, 7) is 2.45. The van der Waals surface area contributed by atoms with Crippen molar-refractivity contribution >= 4 is 0 Å². The van der Waals surface area contributed by atoms with Crippen LogP contribution in [0.3, 0.4) is 0 Å². The third-order valence-electron chi connectivity index (χ3n) is 4.45. The lowest BCUT2D eigenvalue weighted by Gasteiger charge is -2.41. The molecule has 13 heavy (non-hydrogen) atoms. The van der Waals surface area contributed by atoms with E-state index in [9.17, 15) is 0 Å². The SMILES string of the molecule is CC1CC2CCC(CC3=CC=C3)C12. The lowest BCUT2D eigenvalue weighted by molar-refractivity contribution is 0.0828. The van der Waals surface area contributed by atoms with Gasteiger partial charge in [-0.1, -0.05) is 25.2 Å². The Labute approximate surface area is 80.7 Å². The molecule has 0 radical (unpaired) electrons. The maximum absolute atomic E-state index is 2.45. The van der Waals surface area contributed by atoms with Gasteiger partial charge in [-0.15, -0.1) is 0 Å². The molecule has 0 bridgehead atoms. The standard InChI is InChI=1S/C13H18/c1-9-7-11-5-6-12(13(9)11)8-10-3-2-4-10/h2-4,9,11-13H,5-8H2,1H3. The third kappa shape index (κ3) is 1.11. The van der Waals surface area contributed by atoms with E-state index in [1.165, 1.54) is 25.7 Å². The van der Waals surface area contributed by atoms with Gasteiger partial charge in [0.05, 0.1) is 0 Å². The number of hydrogen-bond acceptors (Lipinski definition) is 0. The molecule has 2 fully saturated rings. The van der Waals surface area contributed by atoms with E-state index in [0.717, 1.165) is 23.7 Å². The van der Waals surface area contributed by atoms with Crippen molar-refractivity contribution in [1.29, 1.82) is 0 Å². The van der Waals surface area contributed by atoms with Gasteiger partial charge in [-0.3, -0.25) is 0 Å². The van der Waals surface area contributed by atoms with Crippen molar-refractivity contribution in [2.45, 2.75) is 32.6 Å². The van der Waals surface area contributed by atoms with Crippen LogP contribution in [0.2, 0.25) is 0 Å². The molecule has 0 heteroatoms. The highest BCUT2D eigenvalue weighted by molar-refractivity contribution is 5.35. The van der Waals surface area contributed by atoms with Crippen LogP contribution in [0, 0.1) is 23.7 Å². The van der Waals surface area contributed by atoms with Gasteiger partial charge in [0.15, 0.2) is 0 Å². The van der Waals surface area contributed by atoms with Crippen LogP contribution >= 0.6 is 0 Å². The van der Waals surface area contributed by atoms with Gasteiger partial charge in [-0.2, -0.15) is 0 Å². The number of allylic oxidation sites excluding steroid dienone is 4. The zero-order chi connectivity index (χ0) is 8.84. The average molecular weight is 174 g/mol. The van der Waals surface area contributed by atoms with E-state index in [1.807, 2.05) is 0 Å². The molecule has 0 saturated heterocycles. The van der Waals surface area contributed by atoms with E-state index in [2.05, 4.69) is 25.2 Å². The van der Waals surface area contributed by atoms with Crippen LogP contribution in [-0.2, 0) is 0 Å². The highest BCUT2D eigenvalue weighted by Gasteiger charge is 2.46. The third-order valence-corrected chi connectivity index (χ3v) is 4.45. The molecule has 0 nitrogen and oxygen atoms in total. The fourth-order valence-corrected chi connectivity index (χ4v) is 3.75. The first-order valence-corrected chi connectivity index (χ1v) is 5.72. The summed E-state index contributed by atoms with van der Waals surface area (Å²) in [6, 6.07) is 0. The van der Waals surface area contributed by atoms with Crippen LogP contribution in [0.1, 0.15) is 32.6 Å². The fraction of sp³-hybridized carbons (Fsp3) is 0.692. The number of rotatable bonds is 2. The van der Waals surface area contributed by atoms with Gasteiger partial charge in [0.1, 0.15) is 0 Å². The second kappa shape index (κ2) is 2.73. The fourth-order valence-electron chi connectivity index (χ4n) is 3.75. The second-order valence-electron chi connectivity index (χ2n) is 5.19. The van der Waals surface area contributed by atoms with Gasteiger partial charge in [-0.05, 0) is 54.9 Å². The summed E-state index contributed by atoms with van der Waals surface area (Å²) in [5.41, 5.74) is 1.60. The van der Waals surface area contributed by atoms with Crippen molar-refractivity contribution in [3.8, 4) is 0 Å². The minimum atomic E-state index is 1.03. The van der Waals surface area contributed by atoms with Crippen LogP contribution in [-0.4, -0.2) is 0 Å². The van der Waals surface area contributed by atoms with E-state index in [1.54, 1.807) is 5.57 Å². The minimum Gasteiger partial charge on any atom is -0.0622 e. The Bertz CT molecular complexity index is 272. The molecular weight excluding hydrogens is 156 g/mol. The van der Waals surface area contributed by atoms with Crippen LogP contribution in [0.5, 0.6) is 0 Å². The largest absolute Gasteiger partial charge is 0.0622 e. The topological polar surface area (TPSA) is 0 Å². The maximum Gasteiger partial charge on any atom is -0.0248 e. The van der Waals surface area contributed by atoms with Crippen molar-refractivity contribution in [2.75, 3.05) is 0 Å². The summed E-state index contributed by atoms with van der Waals surface area (Å²) in [5, 5.41) is 0. The first kappa shape index (κ1) is 7.84. The van der Waals surface area contributed by atoms with Gasteiger partial charge in [0.25, 0.3) is 0 Å². The maximum atomic E-state index is 2.45. The lowest BCUT2D eigenvalue weighted by atomic mass is 9.64. The zero-order valence-electron chi connectivity index (χ0n) is 8.37. The Balaban J connectivity index is 1.64. The molecule has 0 aromatic heterocycles. The second-order valence-corrected chi connectivity index (χ2v) is 5.19. The molecule has 0 amide bonds. The Morgan fingerprint density at radius 1 is 1.38 bits per heavy atom. The highest BCUT2D eigenvalue weighted by Crippen LogP contribution is 2.55. The van der Waals surface area contributed by atoms with Gasteiger partial charge in [0, 0.05) is 0 Å². The summed E-state index contributed by atoms with van der Waals surface area (Å²) < 4.78 is 0. The smallest absolute Gasteiger partial charge is 0.0248 e. The summed E-state index contributed by atoms with van der Waals surface area (Å²) in [4.78, 5) is 0. The van der Waals surface area contributed by atoms with E-state index < -0.39 is 0 Å². The quantitative estimate of drug-likeness (QED) is 0.600. The molecule has 0 aromatic carbocycles. The predicted molar refractivity (Wildman–Crippen MR) is 55.3 cm³/mol. The van der Waals surface area contributed by atoms with Crippen molar-refractivity contribution in [1.82, 2.24) is 0 Å². The molecule has 4 atom stereocenters. The summed E-state index contributed by atoms with van der Waals surface area (Å²) in [7, 11) is 0. The van der Waals surface area contributed by atoms with E-state index in [-0.39, 0.29) is 0 Å². The van der Waals surface area contributed by atoms with E-state index in [4.69, 9.17) is 0 Å². The molecule has 3 aliphatic rings. The molecular formula is C13H18. The van der Waals surface area contributed by atoms with Gasteiger partial charge in [-0.25, -0.2) is 0 Å². The molecule has 0 aromatic rings. The summed E-state index contributed by atoms with van der Waals surface area (Å²) in [5.74, 6) is 4.27. The molecule has 3 rings (SSSR count). The van der Waals surface area contributed by atoms with Crippen molar-refractivity contribution in [3.63, 3.8) is 0 Å². The monoisotopic (exact) mass is 174 g/mol. The van der Waals surface area contributed by atoms with Gasteiger partial charge < -0.3 is 0 Å². The molecule has 0 heterocycles. The van der Waals surface area contributed by atoms with Crippen molar-refractivity contribution < 1.29 is 0 Å². The Hall–Kier alpha value is -0.520. The van der Waals surface area contributed by atoms with Gasteiger partial charge in [0.2, 0.25) is 0 Å². The number of fused-ring (bicyclic) bond motifs is 1. The van der Waals surface area contributed by atoms with Crippen LogP contribution in [0.15, 0.2) is 23.8 Å². The highest BCUT2D eigenvalue weighted by atomic mass is 14.5. The van der Waals surface area contributed by atoms with Crippen LogP contribution in [0.25, 0.3) is 0 Å². The average Bonchev–Trinajstić information content (AvgIpc) is 2.34. The van der Waals surface area contributed by atoms with Crippen LogP contribution in [0.4, 0.5) is 0 Å². The van der Waals surface area contributed by atoms with Crippen LogP contribution < -0.4 is 0 Å². The molecule has 3 aliphatic carbocycles. The Morgan fingerprint density at radius 2 is 2.23 bits per heavy atom. The zero-order valence-corrected chi connectivity index (χ0v) is 8.37. The molecule has 4 unspecified atom stereocenters. The summed E-state index contributed by atoms with van der Waals surface area (Å²) in [6.07, 6.45) is 12.7. The first-order valence-electron chi connectivity index (χ1n) is 5.72. The molecule has 2 saturated carbocycles. The molecule has 70 valence electrons. The minimum absolute atomic E-state index is 1.03. The van der Waals surface area contributed by atoms with Crippen molar-refractivity contribution in [3.05, 3.63) is 23.8 Å².